The minimum Gasteiger partial charge on any atom is -0.272 e. The third-order valence-corrected chi connectivity index (χ3v) is 8.74. The van der Waals surface area contributed by atoms with Crippen molar-refractivity contribution in [1.29, 1.82) is 0 Å². The van der Waals surface area contributed by atoms with Crippen LogP contribution in [0.2, 0.25) is 10.0 Å². The molecular formula is C32H22Cl2N2O3. The van der Waals surface area contributed by atoms with E-state index >= 15 is 0 Å². The predicted octanol–water partition coefficient (Wildman–Crippen LogP) is 6.44. The van der Waals surface area contributed by atoms with Gasteiger partial charge in [0.2, 0.25) is 0 Å². The lowest BCUT2D eigenvalue weighted by Gasteiger charge is -2.45. The van der Waals surface area contributed by atoms with E-state index < -0.39 is 17.7 Å². The second-order valence-corrected chi connectivity index (χ2v) is 11.1. The van der Waals surface area contributed by atoms with Crippen LogP contribution in [0, 0.1) is 11.8 Å². The molecule has 2 atom stereocenters. The minimum absolute atomic E-state index is 0.0325. The van der Waals surface area contributed by atoms with Gasteiger partial charge in [-0.2, -0.15) is 5.01 Å². The number of carbonyl (C=O) groups excluding carboxylic acids is 3. The van der Waals surface area contributed by atoms with Gasteiger partial charge in [-0.1, -0.05) is 83.9 Å². The molecule has 4 aliphatic rings. The van der Waals surface area contributed by atoms with Gasteiger partial charge < -0.3 is 0 Å². The third kappa shape index (κ3) is 3.64. The van der Waals surface area contributed by atoms with Gasteiger partial charge in [-0.3, -0.25) is 14.4 Å². The van der Waals surface area contributed by atoms with Crippen molar-refractivity contribution in [3.63, 3.8) is 0 Å². The Kier molecular flexibility index (Phi) is 5.62. The van der Waals surface area contributed by atoms with Crippen molar-refractivity contribution >= 4 is 40.9 Å². The van der Waals surface area contributed by atoms with E-state index in [1.165, 1.54) is 5.01 Å². The van der Waals surface area contributed by atoms with E-state index in [1.807, 2.05) is 24.3 Å². The van der Waals surface area contributed by atoms with Gasteiger partial charge in [0.05, 0.1) is 18.4 Å². The van der Waals surface area contributed by atoms with E-state index in [2.05, 4.69) is 24.3 Å². The van der Waals surface area contributed by atoms with Gasteiger partial charge in [-0.15, -0.1) is 0 Å². The summed E-state index contributed by atoms with van der Waals surface area (Å²) in [6.45, 7) is 0.0325. The van der Waals surface area contributed by atoms with Crippen LogP contribution in [0.4, 0.5) is 0 Å². The standard InChI is InChI=1S/C32H22Cl2N2O3/c33-20-13-9-18(10-14-20)17-35(30(37)19-11-15-21(34)16-12-19)36-31(38)28-26-22-5-1-2-6-23(22)27(29(28)32(36)39)25-8-4-3-7-24(25)26/h1-16,26-29H,17H2/t26?,27?,28-,29-/m0/s1. The quantitative estimate of drug-likeness (QED) is 0.273. The first-order valence-corrected chi connectivity index (χ1v) is 13.6. The van der Waals surface area contributed by atoms with Crippen LogP contribution in [0.1, 0.15) is 50.0 Å². The molecule has 0 radical (unpaired) electrons. The summed E-state index contributed by atoms with van der Waals surface area (Å²) in [4.78, 5) is 42.5. The molecule has 3 aliphatic carbocycles. The fourth-order valence-electron chi connectivity index (χ4n) is 6.64. The summed E-state index contributed by atoms with van der Waals surface area (Å²) in [6, 6.07) is 29.6. The van der Waals surface area contributed by atoms with Crippen molar-refractivity contribution in [1.82, 2.24) is 10.0 Å². The van der Waals surface area contributed by atoms with Crippen molar-refractivity contribution in [3.05, 3.63) is 140 Å². The topological polar surface area (TPSA) is 57.7 Å². The molecule has 0 N–H and O–H groups in total. The summed E-state index contributed by atoms with van der Waals surface area (Å²) < 4.78 is 0. The maximum absolute atomic E-state index is 14.3. The van der Waals surface area contributed by atoms with Gasteiger partial charge in [0.25, 0.3) is 17.7 Å². The minimum atomic E-state index is -0.585. The average molecular weight is 553 g/mol. The zero-order valence-corrected chi connectivity index (χ0v) is 22.1. The molecule has 5 nitrogen and oxygen atoms in total. The van der Waals surface area contributed by atoms with E-state index in [-0.39, 0.29) is 30.2 Å². The Labute approximate surface area is 235 Å². The molecule has 0 unspecified atom stereocenters. The number of halogens is 2. The van der Waals surface area contributed by atoms with Crippen molar-refractivity contribution in [2.75, 3.05) is 0 Å². The van der Waals surface area contributed by atoms with Gasteiger partial charge in [-0.25, -0.2) is 5.01 Å². The van der Waals surface area contributed by atoms with Crippen molar-refractivity contribution in [2.45, 2.75) is 18.4 Å². The number of rotatable bonds is 4. The van der Waals surface area contributed by atoms with Crippen LogP contribution in [0.15, 0.2) is 97.1 Å². The molecule has 0 spiro atoms. The van der Waals surface area contributed by atoms with Gasteiger partial charge in [0.1, 0.15) is 0 Å². The number of hydrazine groups is 1. The van der Waals surface area contributed by atoms with Crippen LogP contribution < -0.4 is 0 Å². The second-order valence-electron chi connectivity index (χ2n) is 10.2. The molecule has 4 aromatic carbocycles. The monoisotopic (exact) mass is 552 g/mol. The van der Waals surface area contributed by atoms with Crippen LogP contribution >= 0.6 is 23.2 Å². The van der Waals surface area contributed by atoms with Crippen molar-refractivity contribution in [3.8, 4) is 0 Å². The Bertz CT molecular complexity index is 1540. The molecule has 1 fully saturated rings. The number of amides is 3. The van der Waals surface area contributed by atoms with Crippen LogP contribution in [0.5, 0.6) is 0 Å². The molecule has 8 rings (SSSR count). The highest BCUT2D eigenvalue weighted by Gasteiger charge is 2.63. The molecule has 3 amide bonds. The third-order valence-electron chi connectivity index (χ3n) is 8.24. The number of imide groups is 1. The number of hydrogen-bond acceptors (Lipinski definition) is 3. The van der Waals surface area contributed by atoms with Crippen LogP contribution in [-0.4, -0.2) is 27.7 Å². The van der Waals surface area contributed by atoms with Gasteiger partial charge in [0, 0.05) is 27.4 Å². The maximum atomic E-state index is 14.3. The maximum Gasteiger partial charge on any atom is 0.273 e. The normalized spacial score (nSPS) is 22.4. The molecular weight excluding hydrogens is 531 g/mol. The van der Waals surface area contributed by atoms with Gasteiger partial charge in [0.15, 0.2) is 0 Å². The number of carbonyl (C=O) groups is 3. The molecule has 1 heterocycles. The highest BCUT2D eigenvalue weighted by molar-refractivity contribution is 6.31. The number of nitrogens with zero attached hydrogens (tertiary/aromatic N) is 2. The lowest BCUT2D eigenvalue weighted by Crippen LogP contribution is -2.50. The first kappa shape index (κ1) is 24.1. The largest absolute Gasteiger partial charge is 0.273 e. The summed E-state index contributed by atoms with van der Waals surface area (Å²) >= 11 is 12.2. The zero-order valence-electron chi connectivity index (χ0n) is 20.6. The molecule has 192 valence electrons. The van der Waals surface area contributed by atoms with E-state index in [9.17, 15) is 14.4 Å². The molecule has 2 bridgehead atoms. The Morgan fingerprint density at radius 3 is 1.49 bits per heavy atom. The van der Waals surface area contributed by atoms with E-state index in [4.69, 9.17) is 23.2 Å². The average Bonchev–Trinajstić information content (AvgIpc) is 3.23. The zero-order chi connectivity index (χ0) is 26.8. The highest BCUT2D eigenvalue weighted by atomic mass is 35.5. The summed E-state index contributed by atoms with van der Waals surface area (Å²) in [5.74, 6) is -2.82. The smallest absolute Gasteiger partial charge is 0.272 e. The number of hydrogen-bond donors (Lipinski definition) is 0. The van der Waals surface area contributed by atoms with Crippen molar-refractivity contribution < 1.29 is 14.4 Å². The molecule has 0 aromatic heterocycles. The Morgan fingerprint density at radius 1 is 0.641 bits per heavy atom. The predicted molar refractivity (Wildman–Crippen MR) is 148 cm³/mol. The van der Waals surface area contributed by atoms with Crippen LogP contribution in [0.3, 0.4) is 0 Å². The molecule has 7 heteroatoms. The van der Waals surface area contributed by atoms with Gasteiger partial charge in [-0.05, 0) is 64.2 Å². The fraction of sp³-hybridized carbons (Fsp3) is 0.156. The SMILES string of the molecule is O=C(c1ccc(Cl)cc1)N(Cc1ccc(Cl)cc1)N1C(=O)[C@H]2C3c4ccccc4C(c4ccccc43)[C@@H]2C1=O. The van der Waals surface area contributed by atoms with Crippen LogP contribution in [0.25, 0.3) is 0 Å². The van der Waals surface area contributed by atoms with Gasteiger partial charge >= 0.3 is 0 Å². The van der Waals surface area contributed by atoms with E-state index in [0.717, 1.165) is 32.8 Å². The van der Waals surface area contributed by atoms with Crippen molar-refractivity contribution in [2.24, 2.45) is 11.8 Å². The van der Waals surface area contributed by atoms with Crippen LogP contribution in [-0.2, 0) is 16.1 Å². The fourth-order valence-corrected chi connectivity index (χ4v) is 6.89. The second kappa shape index (κ2) is 9.08. The molecule has 4 aromatic rings. The summed E-state index contributed by atoms with van der Waals surface area (Å²) in [6.07, 6.45) is 0. The first-order valence-electron chi connectivity index (χ1n) is 12.8. The lowest BCUT2D eigenvalue weighted by atomic mass is 9.55. The Morgan fingerprint density at radius 2 is 1.05 bits per heavy atom. The molecule has 39 heavy (non-hydrogen) atoms. The molecule has 1 aliphatic heterocycles. The summed E-state index contributed by atoms with van der Waals surface area (Å²) in [5.41, 5.74) is 5.40. The Balaban J connectivity index is 1.35. The van der Waals surface area contributed by atoms with E-state index in [1.54, 1.807) is 48.5 Å². The highest BCUT2D eigenvalue weighted by Crippen LogP contribution is 2.61. The molecule has 0 saturated carbocycles. The summed E-state index contributed by atoms with van der Waals surface area (Å²) in [5, 5.41) is 3.44. The molecule has 1 saturated heterocycles. The first-order chi connectivity index (χ1) is 18.9. The summed E-state index contributed by atoms with van der Waals surface area (Å²) in [7, 11) is 0. The number of benzene rings is 4. The lowest BCUT2D eigenvalue weighted by molar-refractivity contribution is -0.155. The Hall–Kier alpha value is -3.93. The van der Waals surface area contributed by atoms with E-state index in [0.29, 0.717) is 15.6 Å².